The van der Waals surface area contributed by atoms with Gasteiger partial charge in [-0.2, -0.15) is 5.26 Å². The Morgan fingerprint density at radius 3 is 2.84 bits per heavy atom. The van der Waals surface area contributed by atoms with Crippen molar-refractivity contribution in [3.63, 3.8) is 0 Å². The number of aromatic nitrogens is 1. The number of nitrogens with zero attached hydrogens (tertiary/aromatic N) is 2. The van der Waals surface area contributed by atoms with E-state index in [0.29, 0.717) is 24.3 Å². The summed E-state index contributed by atoms with van der Waals surface area (Å²) in [5.41, 5.74) is 0.588. The van der Waals surface area contributed by atoms with Gasteiger partial charge in [0.2, 0.25) is 0 Å². The van der Waals surface area contributed by atoms with E-state index in [4.69, 9.17) is 0 Å². The van der Waals surface area contributed by atoms with Gasteiger partial charge in [-0.3, -0.25) is 0 Å². The lowest BCUT2D eigenvalue weighted by molar-refractivity contribution is 0.0696. The molecule has 0 saturated carbocycles. The number of aliphatic hydroxyl groups is 1. The van der Waals surface area contributed by atoms with Gasteiger partial charge >= 0.3 is 0 Å². The van der Waals surface area contributed by atoms with Crippen LogP contribution in [0.15, 0.2) is 30.3 Å². The molecular weight excluding hydrogens is 238 g/mol. The van der Waals surface area contributed by atoms with Crippen molar-refractivity contribution in [1.29, 1.82) is 5.26 Å². The second-order valence-corrected chi connectivity index (χ2v) is 4.89. The Labute approximate surface area is 112 Å². The van der Waals surface area contributed by atoms with Gasteiger partial charge in [-0.25, -0.2) is 4.98 Å². The minimum Gasteiger partial charge on any atom is -0.388 e. The Bertz CT molecular complexity index is 629. The van der Waals surface area contributed by atoms with Crippen LogP contribution in [0.2, 0.25) is 0 Å². The second-order valence-electron chi connectivity index (χ2n) is 4.89. The minimum atomic E-state index is -0.778. The molecule has 2 aromatic rings. The molecule has 2 rings (SSSR count). The molecule has 4 nitrogen and oxygen atoms in total. The minimum absolute atomic E-state index is 0.402. The summed E-state index contributed by atoms with van der Waals surface area (Å²) < 4.78 is 0. The number of anilines is 1. The largest absolute Gasteiger partial charge is 0.388 e. The Hall–Kier alpha value is -2.12. The van der Waals surface area contributed by atoms with Crippen molar-refractivity contribution in [2.24, 2.45) is 0 Å². The highest BCUT2D eigenvalue weighted by Crippen LogP contribution is 2.20. The fourth-order valence-electron chi connectivity index (χ4n) is 1.76. The van der Waals surface area contributed by atoms with Crippen LogP contribution in [0.5, 0.6) is 0 Å². The van der Waals surface area contributed by atoms with E-state index in [2.05, 4.69) is 16.4 Å². The van der Waals surface area contributed by atoms with Crippen LogP contribution in [0.3, 0.4) is 0 Å². The molecule has 0 amide bonds. The number of nitrogens with one attached hydrogen (secondary N) is 1. The Morgan fingerprint density at radius 2 is 2.16 bits per heavy atom. The van der Waals surface area contributed by atoms with Crippen LogP contribution >= 0.6 is 0 Å². The van der Waals surface area contributed by atoms with E-state index in [1.165, 1.54) is 0 Å². The molecule has 0 aliphatic rings. The maximum absolute atomic E-state index is 9.97. The van der Waals surface area contributed by atoms with Gasteiger partial charge in [-0.15, -0.1) is 0 Å². The lowest BCUT2D eigenvalue weighted by atomic mass is 10.0. The van der Waals surface area contributed by atoms with Crippen molar-refractivity contribution < 1.29 is 5.11 Å². The molecular formula is C15H17N3O. The van der Waals surface area contributed by atoms with Gasteiger partial charge in [0.05, 0.1) is 22.8 Å². The Balaban J connectivity index is 2.33. The summed E-state index contributed by atoms with van der Waals surface area (Å²) in [5, 5.41) is 23.1. The lowest BCUT2D eigenvalue weighted by Gasteiger charge is -2.22. The Morgan fingerprint density at radius 1 is 1.42 bits per heavy atom. The number of pyridine rings is 1. The number of fused-ring (bicyclic) bond motifs is 1. The normalized spacial score (nSPS) is 13.8. The fraction of sp³-hybridized carbons (Fsp3) is 0.333. The first kappa shape index (κ1) is 13.3. The van der Waals surface area contributed by atoms with Gasteiger partial charge in [0.1, 0.15) is 5.82 Å². The van der Waals surface area contributed by atoms with Crippen LogP contribution in [0.25, 0.3) is 10.9 Å². The highest BCUT2D eigenvalue weighted by molar-refractivity contribution is 5.86. The molecule has 0 bridgehead atoms. The Kier molecular flexibility index (Phi) is 3.68. The first-order chi connectivity index (χ1) is 9.05. The molecule has 0 saturated heterocycles. The molecule has 19 heavy (non-hydrogen) atoms. The first-order valence-corrected chi connectivity index (χ1v) is 6.32. The van der Waals surface area contributed by atoms with Gasteiger partial charge in [0.25, 0.3) is 0 Å². The molecule has 98 valence electrons. The molecule has 0 aliphatic heterocycles. The lowest BCUT2D eigenvalue weighted by Crippen LogP contribution is -2.32. The standard InChI is InChI=1S/C15H17N3O/c1-3-15(2,19)10-17-14-8-11(9-16)12-6-4-5-7-13(12)18-14/h4-8,19H,3,10H2,1-2H3,(H,17,18). The molecule has 0 fully saturated rings. The molecule has 0 aliphatic carbocycles. The summed E-state index contributed by atoms with van der Waals surface area (Å²) in [6.45, 7) is 4.10. The van der Waals surface area contributed by atoms with Crippen molar-refractivity contribution in [2.45, 2.75) is 25.9 Å². The number of hydrogen-bond donors (Lipinski definition) is 2. The van der Waals surface area contributed by atoms with Crippen LogP contribution in [0.4, 0.5) is 5.82 Å². The maximum atomic E-state index is 9.97. The van der Waals surface area contributed by atoms with Crippen molar-refractivity contribution in [3.8, 4) is 6.07 Å². The molecule has 0 spiro atoms. The zero-order chi connectivity index (χ0) is 13.9. The number of nitriles is 1. The molecule has 2 N–H and O–H groups in total. The van der Waals surface area contributed by atoms with Crippen molar-refractivity contribution in [1.82, 2.24) is 4.98 Å². The van der Waals surface area contributed by atoms with Crippen molar-refractivity contribution in [3.05, 3.63) is 35.9 Å². The number of rotatable bonds is 4. The van der Waals surface area contributed by atoms with Crippen LogP contribution in [0.1, 0.15) is 25.8 Å². The summed E-state index contributed by atoms with van der Waals surface area (Å²) in [5.74, 6) is 0.615. The molecule has 1 aromatic heterocycles. The number of hydrogen-bond acceptors (Lipinski definition) is 4. The van der Waals surface area contributed by atoms with Crippen molar-refractivity contribution in [2.75, 3.05) is 11.9 Å². The van der Waals surface area contributed by atoms with E-state index in [-0.39, 0.29) is 0 Å². The highest BCUT2D eigenvalue weighted by atomic mass is 16.3. The molecule has 1 unspecified atom stereocenters. The summed E-state index contributed by atoms with van der Waals surface area (Å²) in [6, 6.07) is 11.4. The van der Waals surface area contributed by atoms with E-state index in [1.54, 1.807) is 13.0 Å². The molecule has 4 heteroatoms. The summed E-state index contributed by atoms with van der Waals surface area (Å²) in [6.07, 6.45) is 0.651. The fourth-order valence-corrected chi connectivity index (χ4v) is 1.76. The molecule has 1 atom stereocenters. The van der Waals surface area contributed by atoms with E-state index in [9.17, 15) is 10.4 Å². The third kappa shape index (κ3) is 3.01. The zero-order valence-corrected chi connectivity index (χ0v) is 11.1. The monoisotopic (exact) mass is 255 g/mol. The smallest absolute Gasteiger partial charge is 0.128 e. The van der Waals surface area contributed by atoms with Crippen LogP contribution in [0, 0.1) is 11.3 Å². The molecule has 0 radical (unpaired) electrons. The van der Waals surface area contributed by atoms with Crippen LogP contribution < -0.4 is 5.32 Å². The molecule has 1 aromatic carbocycles. The number of para-hydroxylation sites is 1. The third-order valence-corrected chi connectivity index (χ3v) is 3.25. The van der Waals surface area contributed by atoms with Gasteiger partial charge in [0.15, 0.2) is 0 Å². The number of benzene rings is 1. The summed E-state index contributed by atoms with van der Waals surface area (Å²) in [7, 11) is 0. The van der Waals surface area contributed by atoms with Crippen LogP contribution in [-0.2, 0) is 0 Å². The topological polar surface area (TPSA) is 68.9 Å². The zero-order valence-electron chi connectivity index (χ0n) is 11.1. The first-order valence-electron chi connectivity index (χ1n) is 6.32. The quantitative estimate of drug-likeness (QED) is 0.881. The SMILES string of the molecule is CCC(C)(O)CNc1cc(C#N)c2ccccc2n1. The summed E-state index contributed by atoms with van der Waals surface area (Å²) >= 11 is 0. The van der Waals surface area contributed by atoms with E-state index in [0.717, 1.165) is 10.9 Å². The van der Waals surface area contributed by atoms with Gasteiger partial charge in [-0.05, 0) is 25.5 Å². The van der Waals surface area contributed by atoms with E-state index >= 15 is 0 Å². The van der Waals surface area contributed by atoms with Gasteiger partial charge in [-0.1, -0.05) is 25.1 Å². The molecule has 1 heterocycles. The third-order valence-electron chi connectivity index (χ3n) is 3.25. The summed E-state index contributed by atoms with van der Waals surface area (Å²) in [4.78, 5) is 4.45. The average Bonchev–Trinajstić information content (AvgIpc) is 2.44. The highest BCUT2D eigenvalue weighted by Gasteiger charge is 2.17. The predicted molar refractivity (Wildman–Crippen MR) is 75.9 cm³/mol. The maximum Gasteiger partial charge on any atom is 0.128 e. The van der Waals surface area contributed by atoms with Gasteiger partial charge in [0, 0.05) is 11.9 Å². The average molecular weight is 255 g/mol. The second kappa shape index (κ2) is 5.25. The van der Waals surface area contributed by atoms with E-state index < -0.39 is 5.60 Å². The van der Waals surface area contributed by atoms with E-state index in [1.807, 2.05) is 31.2 Å². The van der Waals surface area contributed by atoms with Crippen molar-refractivity contribution >= 4 is 16.7 Å². The van der Waals surface area contributed by atoms with Crippen LogP contribution in [-0.4, -0.2) is 22.2 Å². The van der Waals surface area contributed by atoms with Gasteiger partial charge < -0.3 is 10.4 Å². The predicted octanol–water partition coefficient (Wildman–Crippen LogP) is 2.68.